The third-order valence-corrected chi connectivity index (χ3v) is 2.93. The first-order valence-corrected chi connectivity index (χ1v) is 6.09. The van der Waals surface area contributed by atoms with Crippen molar-refractivity contribution in [1.29, 1.82) is 0 Å². The van der Waals surface area contributed by atoms with Gasteiger partial charge < -0.3 is 0 Å². The van der Waals surface area contributed by atoms with Crippen molar-refractivity contribution in [2.45, 2.75) is 26.7 Å². The maximum absolute atomic E-state index is 11.3. The topological polar surface area (TPSA) is 47.8 Å². The van der Waals surface area contributed by atoms with E-state index in [-0.39, 0.29) is 5.92 Å². The molecule has 2 aromatic rings. The van der Waals surface area contributed by atoms with E-state index in [1.807, 2.05) is 32.9 Å². The van der Waals surface area contributed by atoms with E-state index >= 15 is 0 Å². The largest absolute Gasteiger partial charge is 0.276 e. The molecule has 0 amide bonds. The van der Waals surface area contributed by atoms with E-state index in [9.17, 15) is 4.79 Å². The van der Waals surface area contributed by atoms with Crippen LogP contribution in [0.1, 0.15) is 41.5 Å². The monoisotopic (exact) mass is 263 g/mol. The molecule has 0 saturated heterocycles. The Bertz CT molecular complexity index is 590. The zero-order chi connectivity index (χ0) is 13.3. The summed E-state index contributed by atoms with van der Waals surface area (Å²) in [4.78, 5) is 15.5. The van der Waals surface area contributed by atoms with E-state index < -0.39 is 5.24 Å². The van der Waals surface area contributed by atoms with E-state index in [0.29, 0.717) is 5.56 Å². The second-order valence-corrected chi connectivity index (χ2v) is 4.82. The third-order valence-electron chi connectivity index (χ3n) is 2.72. The molecule has 0 saturated carbocycles. The van der Waals surface area contributed by atoms with Crippen LogP contribution in [0.15, 0.2) is 24.5 Å². The van der Waals surface area contributed by atoms with Crippen molar-refractivity contribution in [3.8, 4) is 5.69 Å². The second-order valence-electron chi connectivity index (χ2n) is 4.47. The summed E-state index contributed by atoms with van der Waals surface area (Å²) in [5.74, 6) is 1.04. The van der Waals surface area contributed by atoms with Crippen molar-refractivity contribution in [2.75, 3.05) is 0 Å². The van der Waals surface area contributed by atoms with Crippen molar-refractivity contribution >= 4 is 16.8 Å². The Morgan fingerprint density at radius 3 is 2.67 bits per heavy atom. The van der Waals surface area contributed by atoms with Crippen molar-refractivity contribution in [3.05, 3.63) is 41.5 Å². The average Bonchev–Trinajstić information content (AvgIpc) is 2.78. The summed E-state index contributed by atoms with van der Waals surface area (Å²) in [5, 5.41) is 3.90. The molecule has 1 aromatic heterocycles. The fourth-order valence-corrected chi connectivity index (χ4v) is 1.83. The Labute approximate surface area is 111 Å². The van der Waals surface area contributed by atoms with Crippen molar-refractivity contribution < 1.29 is 4.79 Å². The Kier molecular flexibility index (Phi) is 3.48. The molecule has 0 bridgehead atoms. The lowest BCUT2D eigenvalue weighted by Gasteiger charge is -2.05. The molecule has 1 heterocycles. The van der Waals surface area contributed by atoms with Crippen LogP contribution in [0.4, 0.5) is 0 Å². The third kappa shape index (κ3) is 2.43. The average molecular weight is 264 g/mol. The van der Waals surface area contributed by atoms with Gasteiger partial charge in [0.05, 0.1) is 5.69 Å². The molecule has 5 heteroatoms. The van der Waals surface area contributed by atoms with Gasteiger partial charge in [0.2, 0.25) is 0 Å². The lowest BCUT2D eigenvalue weighted by molar-refractivity contribution is 0.108. The molecule has 0 radical (unpaired) electrons. The van der Waals surface area contributed by atoms with Gasteiger partial charge in [0, 0.05) is 11.5 Å². The predicted octanol–water partition coefficient (Wildman–Crippen LogP) is 3.08. The molecular formula is C13H14ClN3O. The van der Waals surface area contributed by atoms with Crippen LogP contribution in [0.25, 0.3) is 5.69 Å². The summed E-state index contributed by atoms with van der Waals surface area (Å²) in [7, 11) is 0. The van der Waals surface area contributed by atoms with E-state index in [0.717, 1.165) is 17.1 Å². The smallest absolute Gasteiger partial charge is 0.252 e. The minimum absolute atomic E-state index is 0.269. The van der Waals surface area contributed by atoms with Crippen LogP contribution in [0.2, 0.25) is 0 Å². The number of carbonyl (C=O) groups excluding carboxylic acids is 1. The summed E-state index contributed by atoms with van der Waals surface area (Å²) in [6.07, 6.45) is 1.64. The van der Waals surface area contributed by atoms with Crippen LogP contribution in [-0.4, -0.2) is 20.0 Å². The van der Waals surface area contributed by atoms with E-state index in [1.54, 1.807) is 17.1 Å². The molecule has 0 aliphatic heterocycles. The fraction of sp³-hybridized carbons (Fsp3) is 0.308. The molecule has 0 fully saturated rings. The summed E-state index contributed by atoms with van der Waals surface area (Å²) >= 11 is 5.54. The van der Waals surface area contributed by atoms with Gasteiger partial charge in [-0.1, -0.05) is 19.9 Å². The highest BCUT2D eigenvalue weighted by molar-refractivity contribution is 6.67. The quantitative estimate of drug-likeness (QED) is 0.800. The van der Waals surface area contributed by atoms with Crippen LogP contribution < -0.4 is 0 Å². The molecule has 18 heavy (non-hydrogen) atoms. The first-order valence-electron chi connectivity index (χ1n) is 5.71. The molecule has 0 aliphatic rings. The van der Waals surface area contributed by atoms with E-state index in [4.69, 9.17) is 11.6 Å². The van der Waals surface area contributed by atoms with E-state index in [1.165, 1.54) is 0 Å². The summed E-state index contributed by atoms with van der Waals surface area (Å²) in [6, 6.07) is 5.46. The maximum Gasteiger partial charge on any atom is 0.252 e. The lowest BCUT2D eigenvalue weighted by atomic mass is 10.1. The fourth-order valence-electron chi connectivity index (χ4n) is 1.63. The highest BCUT2D eigenvalue weighted by Crippen LogP contribution is 2.17. The predicted molar refractivity (Wildman–Crippen MR) is 70.4 cm³/mol. The van der Waals surface area contributed by atoms with Crippen molar-refractivity contribution in [2.24, 2.45) is 0 Å². The number of hydrogen-bond donors (Lipinski definition) is 0. The Morgan fingerprint density at radius 1 is 1.39 bits per heavy atom. The molecule has 0 atom stereocenters. The molecule has 94 valence electrons. The molecule has 0 aliphatic carbocycles. The number of aromatic nitrogens is 3. The number of aryl methyl sites for hydroxylation is 1. The number of benzene rings is 1. The Balaban J connectivity index is 2.44. The zero-order valence-corrected chi connectivity index (χ0v) is 11.3. The zero-order valence-electron chi connectivity index (χ0n) is 10.5. The number of carbonyl (C=O) groups is 1. The standard InChI is InChI=1S/C13H14ClN3O/c1-8(2)13-15-7-17(16-13)10-5-4-9(3)11(6-10)12(14)18/h4-8H,1-3H3. The summed E-state index contributed by atoms with van der Waals surface area (Å²) in [5.41, 5.74) is 2.13. The SMILES string of the molecule is Cc1ccc(-n2cnc(C(C)C)n2)cc1C(=O)Cl. The van der Waals surface area contributed by atoms with Gasteiger partial charge in [-0.15, -0.1) is 0 Å². The molecule has 2 rings (SSSR count). The van der Waals surface area contributed by atoms with Crippen molar-refractivity contribution in [1.82, 2.24) is 14.8 Å². The Hall–Kier alpha value is -1.68. The molecular weight excluding hydrogens is 250 g/mol. The van der Waals surface area contributed by atoms with Crippen LogP contribution >= 0.6 is 11.6 Å². The first-order chi connectivity index (χ1) is 8.49. The molecule has 4 nitrogen and oxygen atoms in total. The van der Waals surface area contributed by atoms with Gasteiger partial charge in [-0.25, -0.2) is 9.67 Å². The number of hydrogen-bond acceptors (Lipinski definition) is 3. The van der Waals surface area contributed by atoms with Gasteiger partial charge in [0.1, 0.15) is 6.33 Å². The summed E-state index contributed by atoms with van der Waals surface area (Å²) in [6.45, 7) is 5.91. The van der Waals surface area contributed by atoms with Gasteiger partial charge in [0.25, 0.3) is 5.24 Å². The van der Waals surface area contributed by atoms with Gasteiger partial charge >= 0.3 is 0 Å². The van der Waals surface area contributed by atoms with Crippen molar-refractivity contribution in [3.63, 3.8) is 0 Å². The second kappa shape index (κ2) is 4.90. The van der Waals surface area contributed by atoms with Crippen LogP contribution in [0, 0.1) is 6.92 Å². The molecule has 1 aromatic carbocycles. The van der Waals surface area contributed by atoms with Gasteiger partial charge in [-0.2, -0.15) is 5.10 Å². The van der Waals surface area contributed by atoms with Gasteiger partial charge in [-0.3, -0.25) is 4.79 Å². The number of halogens is 1. The normalized spacial score (nSPS) is 10.9. The van der Waals surface area contributed by atoms with Crippen LogP contribution in [0.5, 0.6) is 0 Å². The first kappa shape index (κ1) is 12.8. The molecule has 0 N–H and O–H groups in total. The maximum atomic E-state index is 11.3. The van der Waals surface area contributed by atoms with Crippen LogP contribution in [-0.2, 0) is 0 Å². The molecule has 0 unspecified atom stereocenters. The van der Waals surface area contributed by atoms with Gasteiger partial charge in [0.15, 0.2) is 5.82 Å². The highest BCUT2D eigenvalue weighted by atomic mass is 35.5. The Morgan fingerprint density at radius 2 is 2.11 bits per heavy atom. The van der Waals surface area contributed by atoms with E-state index in [2.05, 4.69) is 10.1 Å². The minimum Gasteiger partial charge on any atom is -0.276 e. The molecule has 0 spiro atoms. The minimum atomic E-state index is -0.460. The number of rotatable bonds is 3. The summed E-state index contributed by atoms with van der Waals surface area (Å²) < 4.78 is 1.65. The number of nitrogens with zero attached hydrogens (tertiary/aromatic N) is 3. The van der Waals surface area contributed by atoms with Crippen LogP contribution in [0.3, 0.4) is 0 Å². The lowest BCUT2D eigenvalue weighted by Crippen LogP contribution is -2.01. The highest BCUT2D eigenvalue weighted by Gasteiger charge is 2.10. The van der Waals surface area contributed by atoms with Gasteiger partial charge in [-0.05, 0) is 36.2 Å².